The average molecular weight is 524 g/mol. The number of ether oxygens (including phenoxy) is 1. The monoisotopic (exact) mass is 523 g/mol. The first-order valence-electron chi connectivity index (χ1n) is 12.9. The first kappa shape index (κ1) is 26.0. The Balaban J connectivity index is 1.36. The zero-order valence-corrected chi connectivity index (χ0v) is 22.7. The number of piperidine rings is 1. The van der Waals surface area contributed by atoms with Gasteiger partial charge in [-0.15, -0.1) is 0 Å². The molecule has 0 aromatic heterocycles. The maximum absolute atomic E-state index is 12.4. The Morgan fingerprint density at radius 3 is 2.41 bits per heavy atom. The normalized spacial score (nSPS) is 23.9. The van der Waals surface area contributed by atoms with Gasteiger partial charge in [0.15, 0.2) is 0 Å². The van der Waals surface area contributed by atoms with Crippen LogP contribution in [-0.2, 0) is 26.9 Å². The van der Waals surface area contributed by atoms with Crippen molar-refractivity contribution in [1.29, 1.82) is 0 Å². The van der Waals surface area contributed by atoms with E-state index in [9.17, 15) is 13.5 Å². The molecule has 37 heavy (non-hydrogen) atoms. The fourth-order valence-corrected chi connectivity index (χ4v) is 7.28. The summed E-state index contributed by atoms with van der Waals surface area (Å²) in [5.41, 5.74) is 2.84. The SMILES string of the molecule is COCCS(=O)(=O)Nc1cccc(C2(O)C3CCC2CN(Cc2ccc(N(C)C)c4ccccc24)C3)c1. The summed E-state index contributed by atoms with van der Waals surface area (Å²) in [4.78, 5) is 4.63. The van der Waals surface area contributed by atoms with E-state index in [0.717, 1.165) is 38.0 Å². The highest BCUT2D eigenvalue weighted by Gasteiger charge is 2.53. The van der Waals surface area contributed by atoms with Gasteiger partial charge in [0.1, 0.15) is 0 Å². The molecular formula is C29H37N3O4S. The van der Waals surface area contributed by atoms with Gasteiger partial charge < -0.3 is 14.7 Å². The third-order valence-electron chi connectivity index (χ3n) is 8.09. The Morgan fingerprint density at radius 1 is 1.03 bits per heavy atom. The largest absolute Gasteiger partial charge is 0.384 e. The highest BCUT2D eigenvalue weighted by molar-refractivity contribution is 7.92. The summed E-state index contributed by atoms with van der Waals surface area (Å²) in [5, 5.41) is 14.6. The van der Waals surface area contributed by atoms with Gasteiger partial charge in [0.25, 0.3) is 0 Å². The maximum Gasteiger partial charge on any atom is 0.234 e. The molecule has 0 radical (unpaired) electrons. The number of anilines is 2. The average Bonchev–Trinajstić information content (AvgIpc) is 3.03. The maximum atomic E-state index is 12.4. The molecule has 2 unspecified atom stereocenters. The number of likely N-dealkylation sites (tertiary alicyclic amines) is 1. The standard InChI is InChI=1S/C29H37N3O4S/c1-31(2)28-14-11-21(26-9-4-5-10-27(26)28)18-32-19-23-12-13-24(20-32)29(23,33)22-7-6-8-25(17-22)30-37(34,35)16-15-36-3/h4-11,14,17,23-24,30,33H,12-13,15-16,18-20H2,1-3H3. The second-order valence-electron chi connectivity index (χ2n) is 10.7. The second kappa shape index (κ2) is 10.3. The molecule has 1 saturated carbocycles. The zero-order valence-electron chi connectivity index (χ0n) is 21.9. The summed E-state index contributed by atoms with van der Waals surface area (Å²) in [7, 11) is 2.12. The molecule has 7 nitrogen and oxygen atoms in total. The molecule has 1 aliphatic carbocycles. The van der Waals surface area contributed by atoms with Crippen molar-refractivity contribution in [3.8, 4) is 0 Å². The van der Waals surface area contributed by atoms with Crippen molar-refractivity contribution in [2.45, 2.75) is 25.0 Å². The van der Waals surface area contributed by atoms with E-state index >= 15 is 0 Å². The van der Waals surface area contributed by atoms with Gasteiger partial charge in [-0.05, 0) is 47.6 Å². The predicted molar refractivity (Wildman–Crippen MR) is 149 cm³/mol. The van der Waals surface area contributed by atoms with Crippen molar-refractivity contribution in [1.82, 2.24) is 4.90 Å². The number of hydrogen-bond donors (Lipinski definition) is 2. The molecule has 2 N–H and O–H groups in total. The number of aliphatic hydroxyl groups is 1. The Hall–Kier alpha value is -2.65. The molecular weight excluding hydrogens is 486 g/mol. The van der Waals surface area contributed by atoms with Gasteiger partial charge in [-0.3, -0.25) is 9.62 Å². The van der Waals surface area contributed by atoms with Crippen LogP contribution in [-0.4, -0.2) is 65.1 Å². The van der Waals surface area contributed by atoms with E-state index in [-0.39, 0.29) is 24.2 Å². The Bertz CT molecular complexity index is 1360. The first-order valence-corrected chi connectivity index (χ1v) is 14.6. The van der Waals surface area contributed by atoms with Crippen LogP contribution in [0.3, 0.4) is 0 Å². The Kier molecular flexibility index (Phi) is 7.20. The lowest BCUT2D eigenvalue weighted by Crippen LogP contribution is -2.51. The zero-order chi connectivity index (χ0) is 26.2. The van der Waals surface area contributed by atoms with Crippen molar-refractivity contribution in [3.63, 3.8) is 0 Å². The summed E-state index contributed by atoms with van der Waals surface area (Å²) >= 11 is 0. The van der Waals surface area contributed by atoms with Crippen LogP contribution >= 0.6 is 0 Å². The summed E-state index contributed by atoms with van der Waals surface area (Å²) in [6.45, 7) is 2.59. The van der Waals surface area contributed by atoms with E-state index in [2.05, 4.69) is 65.0 Å². The Morgan fingerprint density at radius 2 is 1.73 bits per heavy atom. The molecule has 1 heterocycles. The minimum absolute atomic E-state index is 0.0962. The van der Waals surface area contributed by atoms with E-state index in [1.807, 2.05) is 12.1 Å². The fourth-order valence-electron chi connectivity index (χ4n) is 6.30. The molecule has 5 rings (SSSR count). The fraction of sp³-hybridized carbons (Fsp3) is 0.448. The number of sulfonamides is 1. The molecule has 2 atom stereocenters. The number of nitrogens with one attached hydrogen (secondary N) is 1. The molecule has 1 aliphatic heterocycles. The number of benzene rings is 3. The van der Waals surface area contributed by atoms with E-state index < -0.39 is 15.6 Å². The highest BCUT2D eigenvalue weighted by Crippen LogP contribution is 2.52. The van der Waals surface area contributed by atoms with Crippen molar-refractivity contribution >= 4 is 32.2 Å². The van der Waals surface area contributed by atoms with E-state index in [4.69, 9.17) is 4.74 Å². The highest BCUT2D eigenvalue weighted by atomic mass is 32.2. The van der Waals surface area contributed by atoms with Crippen molar-refractivity contribution in [2.24, 2.45) is 11.8 Å². The molecule has 2 fully saturated rings. The van der Waals surface area contributed by atoms with Crippen LogP contribution in [0.4, 0.5) is 11.4 Å². The number of rotatable bonds is 9. The van der Waals surface area contributed by atoms with Gasteiger partial charge >= 0.3 is 0 Å². The first-order chi connectivity index (χ1) is 17.7. The lowest BCUT2D eigenvalue weighted by atomic mass is 9.75. The van der Waals surface area contributed by atoms with Gasteiger partial charge in [-0.25, -0.2) is 8.42 Å². The molecule has 3 aromatic carbocycles. The molecule has 1 saturated heterocycles. The van der Waals surface area contributed by atoms with E-state index in [1.54, 1.807) is 12.1 Å². The molecule has 198 valence electrons. The Labute approximate surface area is 220 Å². The molecule has 3 aromatic rings. The molecule has 8 heteroatoms. The van der Waals surface area contributed by atoms with Gasteiger partial charge in [-0.1, -0.05) is 42.5 Å². The lowest BCUT2D eigenvalue weighted by Gasteiger charge is -2.45. The van der Waals surface area contributed by atoms with Gasteiger partial charge in [-0.2, -0.15) is 0 Å². The summed E-state index contributed by atoms with van der Waals surface area (Å²) in [6, 6.07) is 20.3. The third kappa shape index (κ3) is 5.08. The van der Waals surface area contributed by atoms with Gasteiger partial charge in [0.05, 0.1) is 18.0 Å². The number of fused-ring (bicyclic) bond motifs is 3. The third-order valence-corrected chi connectivity index (χ3v) is 9.34. The number of hydrogen-bond acceptors (Lipinski definition) is 6. The van der Waals surface area contributed by atoms with Crippen LogP contribution < -0.4 is 9.62 Å². The predicted octanol–water partition coefficient (Wildman–Crippen LogP) is 4.02. The van der Waals surface area contributed by atoms with Crippen LogP contribution in [0.2, 0.25) is 0 Å². The molecule has 2 aliphatic rings. The minimum atomic E-state index is -3.51. The number of nitrogens with zero attached hydrogens (tertiary/aromatic N) is 2. The van der Waals surface area contributed by atoms with Crippen LogP contribution in [0.25, 0.3) is 10.8 Å². The topological polar surface area (TPSA) is 82.1 Å². The summed E-state index contributed by atoms with van der Waals surface area (Å²) in [5.74, 6) is 0.0837. The second-order valence-corrected chi connectivity index (χ2v) is 12.5. The molecule has 0 spiro atoms. The van der Waals surface area contributed by atoms with Crippen LogP contribution in [0.15, 0.2) is 60.7 Å². The van der Waals surface area contributed by atoms with E-state index in [0.29, 0.717) is 5.69 Å². The van der Waals surface area contributed by atoms with Crippen LogP contribution in [0.1, 0.15) is 24.0 Å². The quantitative estimate of drug-likeness (QED) is 0.441. The van der Waals surface area contributed by atoms with Gasteiger partial charge in [0, 0.05) is 69.4 Å². The lowest BCUT2D eigenvalue weighted by molar-refractivity contribution is -0.0913. The van der Waals surface area contributed by atoms with Crippen molar-refractivity contribution in [2.75, 3.05) is 56.3 Å². The van der Waals surface area contributed by atoms with Crippen molar-refractivity contribution < 1.29 is 18.3 Å². The van der Waals surface area contributed by atoms with E-state index in [1.165, 1.54) is 29.1 Å². The molecule has 0 amide bonds. The van der Waals surface area contributed by atoms with Crippen LogP contribution in [0, 0.1) is 11.8 Å². The summed E-state index contributed by atoms with van der Waals surface area (Å²) < 4.78 is 32.3. The van der Waals surface area contributed by atoms with Crippen LogP contribution in [0.5, 0.6) is 0 Å². The molecule has 2 bridgehead atoms. The minimum Gasteiger partial charge on any atom is -0.384 e. The van der Waals surface area contributed by atoms with Crippen molar-refractivity contribution in [3.05, 3.63) is 71.8 Å². The van der Waals surface area contributed by atoms with Gasteiger partial charge in [0.2, 0.25) is 10.0 Å². The smallest absolute Gasteiger partial charge is 0.234 e. The summed E-state index contributed by atoms with van der Waals surface area (Å²) in [6.07, 6.45) is 1.92. The number of methoxy groups -OCH3 is 1.